The Bertz CT molecular complexity index is 797. The molecule has 146 valence electrons. The van der Waals surface area contributed by atoms with Crippen molar-refractivity contribution in [2.45, 2.75) is 44.1 Å². The van der Waals surface area contributed by atoms with Gasteiger partial charge in [0.1, 0.15) is 5.82 Å². The summed E-state index contributed by atoms with van der Waals surface area (Å²) in [5, 5.41) is 14.7. The van der Waals surface area contributed by atoms with Gasteiger partial charge >= 0.3 is 0 Å². The zero-order chi connectivity index (χ0) is 18.1. The third kappa shape index (κ3) is 3.99. The second-order valence-electron chi connectivity index (χ2n) is 7.42. The Kier molecular flexibility index (Phi) is 5.81. The fraction of sp³-hybridized carbons (Fsp3) is 0.526. The SMILES string of the molecule is Cc1c(C(=O)NCC2(c3ccc(F)cc3)CC2)nnn1C1CCNCC1.Cl. The van der Waals surface area contributed by atoms with Crippen molar-refractivity contribution in [3.63, 3.8) is 0 Å². The summed E-state index contributed by atoms with van der Waals surface area (Å²) in [5.41, 5.74) is 2.23. The number of aromatic nitrogens is 3. The lowest BCUT2D eigenvalue weighted by Gasteiger charge is -2.23. The molecule has 0 spiro atoms. The van der Waals surface area contributed by atoms with Crippen LogP contribution in [0.1, 0.15) is 53.5 Å². The van der Waals surface area contributed by atoms with E-state index in [0.29, 0.717) is 18.3 Å². The van der Waals surface area contributed by atoms with Crippen LogP contribution >= 0.6 is 12.4 Å². The Morgan fingerprint density at radius 1 is 1.30 bits per heavy atom. The normalized spacial score (nSPS) is 18.6. The molecule has 2 fully saturated rings. The summed E-state index contributed by atoms with van der Waals surface area (Å²) < 4.78 is 15.0. The quantitative estimate of drug-likeness (QED) is 0.818. The fourth-order valence-corrected chi connectivity index (χ4v) is 3.80. The molecule has 1 aromatic carbocycles. The molecule has 0 atom stereocenters. The number of rotatable bonds is 5. The molecule has 0 radical (unpaired) electrons. The first kappa shape index (κ1) is 19.8. The van der Waals surface area contributed by atoms with E-state index in [1.807, 2.05) is 23.7 Å². The summed E-state index contributed by atoms with van der Waals surface area (Å²) in [6.45, 7) is 4.37. The van der Waals surface area contributed by atoms with E-state index in [0.717, 1.165) is 50.0 Å². The minimum Gasteiger partial charge on any atom is -0.350 e. The molecule has 27 heavy (non-hydrogen) atoms. The van der Waals surface area contributed by atoms with E-state index < -0.39 is 0 Å². The Morgan fingerprint density at radius 3 is 2.59 bits per heavy atom. The van der Waals surface area contributed by atoms with Gasteiger partial charge in [-0.25, -0.2) is 9.07 Å². The monoisotopic (exact) mass is 393 g/mol. The van der Waals surface area contributed by atoms with Gasteiger partial charge in [-0.2, -0.15) is 0 Å². The van der Waals surface area contributed by atoms with Crippen molar-refractivity contribution in [3.05, 3.63) is 47.0 Å². The van der Waals surface area contributed by atoms with Gasteiger partial charge in [0.25, 0.3) is 5.91 Å². The van der Waals surface area contributed by atoms with Gasteiger partial charge in [-0.05, 0) is 63.4 Å². The molecule has 2 N–H and O–H groups in total. The maximum absolute atomic E-state index is 13.1. The van der Waals surface area contributed by atoms with Crippen molar-refractivity contribution >= 4 is 18.3 Å². The molecule has 2 aromatic rings. The summed E-state index contributed by atoms with van der Waals surface area (Å²) in [6.07, 6.45) is 4.00. The minimum atomic E-state index is -0.237. The molecule has 8 heteroatoms. The molecule has 1 amide bonds. The molecule has 1 aromatic heterocycles. The van der Waals surface area contributed by atoms with Crippen molar-refractivity contribution in [2.24, 2.45) is 0 Å². The van der Waals surface area contributed by atoms with Crippen LogP contribution in [0.4, 0.5) is 4.39 Å². The predicted molar refractivity (Wildman–Crippen MR) is 103 cm³/mol. The van der Waals surface area contributed by atoms with Crippen LogP contribution < -0.4 is 10.6 Å². The first-order chi connectivity index (χ1) is 12.6. The molecule has 1 saturated heterocycles. The van der Waals surface area contributed by atoms with Crippen LogP contribution in [0.25, 0.3) is 0 Å². The molecule has 4 rings (SSSR count). The lowest BCUT2D eigenvalue weighted by atomic mass is 9.96. The molecule has 6 nitrogen and oxygen atoms in total. The average Bonchev–Trinajstić information content (AvgIpc) is 3.36. The van der Waals surface area contributed by atoms with Crippen LogP contribution in [0.3, 0.4) is 0 Å². The van der Waals surface area contributed by atoms with Gasteiger partial charge in [0, 0.05) is 12.0 Å². The zero-order valence-electron chi connectivity index (χ0n) is 15.4. The summed E-state index contributed by atoms with van der Waals surface area (Å²) in [4.78, 5) is 12.6. The minimum absolute atomic E-state index is 0. The van der Waals surface area contributed by atoms with Crippen molar-refractivity contribution in [2.75, 3.05) is 19.6 Å². The van der Waals surface area contributed by atoms with Gasteiger partial charge in [-0.15, -0.1) is 17.5 Å². The zero-order valence-corrected chi connectivity index (χ0v) is 16.2. The van der Waals surface area contributed by atoms with E-state index >= 15 is 0 Å². The summed E-state index contributed by atoms with van der Waals surface area (Å²) in [6, 6.07) is 6.89. The fourth-order valence-electron chi connectivity index (χ4n) is 3.80. The largest absolute Gasteiger partial charge is 0.350 e. The van der Waals surface area contributed by atoms with Crippen molar-refractivity contribution in [1.29, 1.82) is 0 Å². The Balaban J connectivity index is 0.00000210. The first-order valence-electron chi connectivity index (χ1n) is 9.26. The van der Waals surface area contributed by atoms with Gasteiger partial charge in [0.05, 0.1) is 11.7 Å². The summed E-state index contributed by atoms with van der Waals surface area (Å²) >= 11 is 0. The number of nitrogens with zero attached hydrogens (tertiary/aromatic N) is 3. The van der Waals surface area contributed by atoms with E-state index in [2.05, 4.69) is 20.9 Å². The van der Waals surface area contributed by atoms with Gasteiger partial charge in [0.15, 0.2) is 5.69 Å². The number of nitrogens with one attached hydrogen (secondary N) is 2. The van der Waals surface area contributed by atoms with Crippen LogP contribution in [-0.4, -0.2) is 40.5 Å². The third-order valence-corrected chi connectivity index (χ3v) is 5.69. The Labute approximate surface area is 164 Å². The smallest absolute Gasteiger partial charge is 0.273 e. The molecule has 1 aliphatic heterocycles. The van der Waals surface area contributed by atoms with E-state index in [9.17, 15) is 9.18 Å². The number of hydrogen-bond donors (Lipinski definition) is 2. The maximum Gasteiger partial charge on any atom is 0.273 e. The number of piperidine rings is 1. The molecular formula is C19H25ClFN5O. The average molecular weight is 394 g/mol. The van der Waals surface area contributed by atoms with Crippen LogP contribution in [0.5, 0.6) is 0 Å². The summed E-state index contributed by atoms with van der Waals surface area (Å²) in [5.74, 6) is -0.421. The van der Waals surface area contributed by atoms with Crippen LogP contribution in [0.2, 0.25) is 0 Å². The second kappa shape index (κ2) is 7.94. The number of hydrogen-bond acceptors (Lipinski definition) is 4. The predicted octanol–water partition coefficient (Wildman–Crippen LogP) is 2.53. The van der Waals surface area contributed by atoms with E-state index in [1.165, 1.54) is 12.1 Å². The lowest BCUT2D eigenvalue weighted by molar-refractivity contribution is 0.0944. The second-order valence-corrected chi connectivity index (χ2v) is 7.42. The van der Waals surface area contributed by atoms with Gasteiger partial charge in [-0.1, -0.05) is 17.3 Å². The number of carbonyl (C=O) groups excluding carboxylic acids is 1. The highest BCUT2D eigenvalue weighted by atomic mass is 35.5. The highest BCUT2D eigenvalue weighted by Gasteiger charge is 2.44. The number of halogens is 2. The molecular weight excluding hydrogens is 369 g/mol. The number of carbonyl (C=O) groups is 1. The van der Waals surface area contributed by atoms with Gasteiger partial charge < -0.3 is 10.6 Å². The van der Waals surface area contributed by atoms with E-state index in [1.54, 1.807) is 0 Å². The first-order valence-corrected chi connectivity index (χ1v) is 9.26. The van der Waals surface area contributed by atoms with E-state index in [4.69, 9.17) is 0 Å². The maximum atomic E-state index is 13.1. The highest BCUT2D eigenvalue weighted by Crippen LogP contribution is 2.47. The van der Waals surface area contributed by atoms with Gasteiger partial charge in [0.2, 0.25) is 0 Å². The molecule has 1 saturated carbocycles. The van der Waals surface area contributed by atoms with Crippen LogP contribution in [-0.2, 0) is 5.41 Å². The number of amides is 1. The van der Waals surface area contributed by atoms with Crippen LogP contribution in [0.15, 0.2) is 24.3 Å². The Hall–Kier alpha value is -1.99. The van der Waals surface area contributed by atoms with E-state index in [-0.39, 0.29) is 29.5 Å². The standard InChI is InChI=1S/C19H24FN5O.ClH/c1-13-17(23-24-25(13)16-6-10-21-11-7-16)18(26)22-12-19(8-9-19)14-2-4-15(20)5-3-14;/h2-5,16,21H,6-12H2,1H3,(H,22,26);1H. The Morgan fingerprint density at radius 2 is 1.96 bits per heavy atom. The third-order valence-electron chi connectivity index (χ3n) is 5.69. The molecule has 2 heterocycles. The van der Waals surface area contributed by atoms with Crippen molar-refractivity contribution in [1.82, 2.24) is 25.6 Å². The molecule has 0 unspecified atom stereocenters. The van der Waals surface area contributed by atoms with Crippen molar-refractivity contribution in [3.8, 4) is 0 Å². The number of benzene rings is 1. The highest BCUT2D eigenvalue weighted by molar-refractivity contribution is 5.93. The lowest BCUT2D eigenvalue weighted by Crippen LogP contribution is -2.33. The topological polar surface area (TPSA) is 71.8 Å². The summed E-state index contributed by atoms with van der Waals surface area (Å²) in [7, 11) is 0. The molecule has 0 bridgehead atoms. The molecule has 2 aliphatic rings. The van der Waals surface area contributed by atoms with Crippen molar-refractivity contribution < 1.29 is 9.18 Å². The van der Waals surface area contributed by atoms with Gasteiger partial charge in [-0.3, -0.25) is 4.79 Å². The van der Waals surface area contributed by atoms with Crippen LogP contribution in [0, 0.1) is 12.7 Å². The molecule has 1 aliphatic carbocycles.